The third-order valence-corrected chi connectivity index (χ3v) is 2.79. The van der Waals surface area contributed by atoms with Crippen molar-refractivity contribution in [2.75, 3.05) is 13.2 Å². The van der Waals surface area contributed by atoms with Gasteiger partial charge in [0.15, 0.2) is 0 Å². The molecule has 2 nitrogen and oxygen atoms in total. The lowest BCUT2D eigenvalue weighted by molar-refractivity contribution is 0.136. The molecule has 2 N–H and O–H groups in total. The molecule has 0 fully saturated rings. The number of rotatable bonds is 8. The molecule has 0 radical (unpaired) electrons. The van der Waals surface area contributed by atoms with Crippen LogP contribution in [-0.4, -0.2) is 23.4 Å². The zero-order chi connectivity index (χ0) is 11.8. The smallest absolute Gasteiger partial charge is 0.0459 e. The predicted octanol–water partition coefficient (Wildman–Crippen LogP) is 2.69. The Morgan fingerprint density at radius 2 is 1.00 bits per heavy atom. The molecule has 0 aliphatic heterocycles. The highest BCUT2D eigenvalue weighted by Gasteiger charge is 2.17. The van der Waals surface area contributed by atoms with Crippen LogP contribution in [0.4, 0.5) is 0 Å². The van der Waals surface area contributed by atoms with Crippen molar-refractivity contribution in [2.24, 2.45) is 23.7 Å². The summed E-state index contributed by atoms with van der Waals surface area (Å²) in [5.74, 6) is 1.97. The molecule has 92 valence electrons. The first-order chi connectivity index (χ1) is 6.99. The summed E-state index contributed by atoms with van der Waals surface area (Å²) in [6.45, 7) is 9.23. The molecule has 0 heterocycles. The van der Waals surface area contributed by atoms with E-state index in [9.17, 15) is 10.2 Å². The fourth-order valence-corrected chi connectivity index (χ4v) is 2.30. The quantitative estimate of drug-likeness (QED) is 0.655. The minimum absolute atomic E-state index is 0.257. The van der Waals surface area contributed by atoms with Crippen LogP contribution >= 0.6 is 0 Å². The van der Waals surface area contributed by atoms with Crippen LogP contribution in [-0.2, 0) is 0 Å². The van der Waals surface area contributed by atoms with E-state index in [2.05, 4.69) is 27.7 Å². The predicted molar refractivity (Wildman–Crippen MR) is 64.7 cm³/mol. The molecule has 0 aliphatic rings. The molecule has 2 atom stereocenters. The Morgan fingerprint density at radius 1 is 0.667 bits per heavy atom. The van der Waals surface area contributed by atoms with Crippen LogP contribution in [0.3, 0.4) is 0 Å². The summed E-state index contributed by atoms with van der Waals surface area (Å²) in [6.07, 6.45) is 3.08. The van der Waals surface area contributed by atoms with E-state index in [1.165, 1.54) is 0 Å². The molecule has 0 aromatic heterocycles. The molecule has 15 heavy (non-hydrogen) atoms. The van der Waals surface area contributed by atoms with Gasteiger partial charge in [-0.25, -0.2) is 0 Å². The van der Waals surface area contributed by atoms with E-state index in [1.54, 1.807) is 0 Å². The van der Waals surface area contributed by atoms with Gasteiger partial charge in [0.05, 0.1) is 0 Å². The second-order valence-electron chi connectivity index (χ2n) is 5.59. The first kappa shape index (κ1) is 14.9. The Bertz CT molecular complexity index is 127. The Kier molecular flexibility index (Phi) is 8.07. The summed E-state index contributed by atoms with van der Waals surface area (Å²) in [5, 5.41) is 18.5. The van der Waals surface area contributed by atoms with Crippen molar-refractivity contribution in [3.05, 3.63) is 0 Å². The van der Waals surface area contributed by atoms with Gasteiger partial charge in [-0.15, -0.1) is 0 Å². The van der Waals surface area contributed by atoms with Gasteiger partial charge in [0.1, 0.15) is 0 Å². The summed E-state index contributed by atoms with van der Waals surface area (Å²) in [7, 11) is 0. The molecule has 0 aliphatic carbocycles. The Hall–Kier alpha value is -0.0800. The maximum absolute atomic E-state index is 9.27. The van der Waals surface area contributed by atoms with E-state index in [-0.39, 0.29) is 13.2 Å². The normalized spacial score (nSPS) is 16.0. The lowest BCUT2D eigenvalue weighted by Crippen LogP contribution is -2.18. The second-order valence-corrected chi connectivity index (χ2v) is 5.59. The molecule has 0 aromatic carbocycles. The fourth-order valence-electron chi connectivity index (χ4n) is 2.30. The summed E-state index contributed by atoms with van der Waals surface area (Å²) < 4.78 is 0. The summed E-state index contributed by atoms with van der Waals surface area (Å²) in [5.41, 5.74) is 0. The van der Waals surface area contributed by atoms with Crippen LogP contribution in [0.15, 0.2) is 0 Å². The summed E-state index contributed by atoms with van der Waals surface area (Å²) in [6, 6.07) is 0. The molecular weight excluding hydrogens is 188 g/mol. The highest BCUT2D eigenvalue weighted by molar-refractivity contribution is 4.68. The van der Waals surface area contributed by atoms with Gasteiger partial charge in [-0.05, 0) is 42.9 Å². The van der Waals surface area contributed by atoms with Crippen LogP contribution in [0.25, 0.3) is 0 Å². The summed E-state index contributed by atoms with van der Waals surface area (Å²) >= 11 is 0. The van der Waals surface area contributed by atoms with Crippen LogP contribution < -0.4 is 0 Å². The zero-order valence-corrected chi connectivity index (χ0v) is 10.7. The van der Waals surface area contributed by atoms with E-state index in [1.807, 2.05) is 0 Å². The molecule has 0 spiro atoms. The first-order valence-corrected chi connectivity index (χ1v) is 6.21. The third kappa shape index (κ3) is 7.80. The topological polar surface area (TPSA) is 40.5 Å². The van der Waals surface area contributed by atoms with E-state index in [0.29, 0.717) is 23.7 Å². The number of aliphatic hydroxyl groups is 2. The lowest BCUT2D eigenvalue weighted by atomic mass is 9.85. The molecule has 0 saturated heterocycles. The average Bonchev–Trinajstić information content (AvgIpc) is 2.14. The summed E-state index contributed by atoms with van der Waals surface area (Å²) in [4.78, 5) is 0. The largest absolute Gasteiger partial charge is 0.396 e. The minimum atomic E-state index is 0.257. The Morgan fingerprint density at radius 3 is 1.20 bits per heavy atom. The van der Waals surface area contributed by atoms with Gasteiger partial charge in [0.2, 0.25) is 0 Å². The van der Waals surface area contributed by atoms with E-state index >= 15 is 0 Å². The molecular formula is C13H28O2. The number of hydrogen-bond acceptors (Lipinski definition) is 2. The van der Waals surface area contributed by atoms with Crippen molar-refractivity contribution in [2.45, 2.75) is 47.0 Å². The standard InChI is InChI=1S/C13H28O2/c1-10(2)5-12(8-14)7-13(9-15)6-11(3)4/h10-15H,5-9H2,1-4H3. The highest BCUT2D eigenvalue weighted by Crippen LogP contribution is 2.24. The van der Waals surface area contributed by atoms with Crippen molar-refractivity contribution in [1.82, 2.24) is 0 Å². The van der Waals surface area contributed by atoms with Gasteiger partial charge >= 0.3 is 0 Å². The minimum Gasteiger partial charge on any atom is -0.396 e. The monoisotopic (exact) mass is 216 g/mol. The van der Waals surface area contributed by atoms with E-state index < -0.39 is 0 Å². The van der Waals surface area contributed by atoms with Crippen molar-refractivity contribution >= 4 is 0 Å². The van der Waals surface area contributed by atoms with Gasteiger partial charge in [0.25, 0.3) is 0 Å². The first-order valence-electron chi connectivity index (χ1n) is 6.21. The maximum atomic E-state index is 9.27. The zero-order valence-electron chi connectivity index (χ0n) is 10.7. The molecule has 0 aromatic rings. The lowest BCUT2D eigenvalue weighted by Gasteiger charge is -2.23. The van der Waals surface area contributed by atoms with Gasteiger partial charge < -0.3 is 10.2 Å². The van der Waals surface area contributed by atoms with Gasteiger partial charge in [0, 0.05) is 13.2 Å². The molecule has 0 bridgehead atoms. The SMILES string of the molecule is CC(C)CC(CO)CC(CO)CC(C)C. The molecule has 0 rings (SSSR count). The third-order valence-electron chi connectivity index (χ3n) is 2.79. The van der Waals surface area contributed by atoms with Crippen molar-refractivity contribution in [3.8, 4) is 0 Å². The molecule has 2 heteroatoms. The van der Waals surface area contributed by atoms with E-state index in [4.69, 9.17) is 0 Å². The Labute approximate surface area is 94.7 Å². The molecule has 2 unspecified atom stereocenters. The van der Waals surface area contributed by atoms with Crippen molar-refractivity contribution in [3.63, 3.8) is 0 Å². The molecule has 0 amide bonds. The van der Waals surface area contributed by atoms with Crippen molar-refractivity contribution in [1.29, 1.82) is 0 Å². The fraction of sp³-hybridized carbons (Fsp3) is 1.00. The second kappa shape index (κ2) is 8.12. The maximum Gasteiger partial charge on any atom is 0.0459 e. The van der Waals surface area contributed by atoms with Crippen LogP contribution in [0, 0.1) is 23.7 Å². The van der Waals surface area contributed by atoms with Gasteiger partial charge in [-0.2, -0.15) is 0 Å². The van der Waals surface area contributed by atoms with Crippen LogP contribution in [0.5, 0.6) is 0 Å². The van der Waals surface area contributed by atoms with Crippen LogP contribution in [0.2, 0.25) is 0 Å². The highest BCUT2D eigenvalue weighted by atomic mass is 16.3. The molecule has 0 saturated carbocycles. The van der Waals surface area contributed by atoms with Crippen LogP contribution in [0.1, 0.15) is 47.0 Å². The number of aliphatic hydroxyl groups excluding tert-OH is 2. The van der Waals surface area contributed by atoms with Crippen molar-refractivity contribution < 1.29 is 10.2 Å². The van der Waals surface area contributed by atoms with Gasteiger partial charge in [-0.3, -0.25) is 0 Å². The van der Waals surface area contributed by atoms with E-state index in [0.717, 1.165) is 19.3 Å². The Balaban J connectivity index is 3.99. The van der Waals surface area contributed by atoms with Gasteiger partial charge in [-0.1, -0.05) is 27.7 Å². The average molecular weight is 216 g/mol. The number of hydrogen-bond donors (Lipinski definition) is 2.